The molecule has 1 aromatic heterocycles. The lowest BCUT2D eigenvalue weighted by Crippen LogP contribution is -2.27. The average Bonchev–Trinajstić information content (AvgIpc) is 2.43. The van der Waals surface area contributed by atoms with E-state index in [4.69, 9.17) is 17.5 Å². The minimum Gasteiger partial charge on any atom is -0.368 e. The van der Waals surface area contributed by atoms with E-state index >= 15 is 0 Å². The van der Waals surface area contributed by atoms with Crippen LogP contribution in [0.4, 0.5) is 5.95 Å². The van der Waals surface area contributed by atoms with Gasteiger partial charge in [0.1, 0.15) is 5.82 Å². The van der Waals surface area contributed by atoms with Crippen molar-refractivity contribution in [2.45, 2.75) is 6.92 Å². The van der Waals surface area contributed by atoms with Crippen LogP contribution in [0.5, 0.6) is 0 Å². The molecule has 0 aliphatic heterocycles. The highest BCUT2D eigenvalue weighted by Gasteiger charge is 2.28. The van der Waals surface area contributed by atoms with Gasteiger partial charge < -0.3 is 5.73 Å². The number of rotatable bonds is 3. The Balaban J connectivity index is 3.34. The Hall–Kier alpha value is -0.490. The minimum absolute atomic E-state index is 0.373. The molecule has 0 fully saturated rings. The highest BCUT2D eigenvalue weighted by Crippen LogP contribution is 2.51. The fourth-order valence-corrected chi connectivity index (χ4v) is 3.62. The summed E-state index contributed by atoms with van der Waals surface area (Å²) >= 11 is 5.66. The minimum atomic E-state index is -2.11. The summed E-state index contributed by atoms with van der Waals surface area (Å²) in [6.45, 7) is -0.311. The number of hydrogen-bond donors (Lipinski definition) is 1. The first-order valence-corrected chi connectivity index (χ1v) is 7.12. The van der Waals surface area contributed by atoms with Crippen LogP contribution in [-0.2, 0) is 11.8 Å². The van der Waals surface area contributed by atoms with Crippen LogP contribution in [0, 0.1) is 6.92 Å². The first-order valence-electron chi connectivity index (χ1n) is 4.45. The van der Waals surface area contributed by atoms with Crippen LogP contribution in [0.2, 0.25) is 0 Å². The van der Waals surface area contributed by atoms with E-state index in [2.05, 4.69) is 10.1 Å². The fraction of sp³-hybridized carbons (Fsp3) is 0.714. The van der Waals surface area contributed by atoms with E-state index < -0.39 is 6.49 Å². The highest BCUT2D eigenvalue weighted by molar-refractivity contribution is 8.11. The third kappa shape index (κ3) is 2.06. The fourth-order valence-electron chi connectivity index (χ4n) is 1.31. The van der Waals surface area contributed by atoms with Gasteiger partial charge in [-0.25, -0.2) is 0 Å². The van der Waals surface area contributed by atoms with E-state index in [1.807, 2.05) is 37.5 Å². The normalized spacial score (nSPS) is 12.7. The number of nitrogens with zero attached hydrogens (tertiary/aromatic N) is 5. The molecule has 0 aliphatic carbocycles. The second kappa shape index (κ2) is 4.17. The van der Waals surface area contributed by atoms with Crippen molar-refractivity contribution in [3.8, 4) is 0 Å². The molecule has 0 amide bonds. The zero-order valence-corrected chi connectivity index (χ0v) is 11.4. The van der Waals surface area contributed by atoms with Crippen LogP contribution in [0.3, 0.4) is 0 Å². The van der Waals surface area contributed by atoms with Crippen molar-refractivity contribution in [2.75, 3.05) is 33.9 Å². The van der Waals surface area contributed by atoms with Gasteiger partial charge in [0.05, 0.1) is 0 Å². The topological polar surface area (TPSA) is 63.2 Å². The molecule has 0 saturated heterocycles. The molecule has 0 aliphatic rings. The standard InChI is InChI=1S/C7H17N6PS/c1-6-9-7(8)13(10-6)14(15,11(2)3)12(4)5/h1-5H3,(H2,8,9,10). The molecule has 0 aromatic carbocycles. The van der Waals surface area contributed by atoms with E-state index in [0.717, 1.165) is 0 Å². The van der Waals surface area contributed by atoms with Crippen molar-refractivity contribution < 1.29 is 0 Å². The SMILES string of the molecule is Cc1nc(N)n(P(=S)(N(C)C)N(C)C)n1. The maximum atomic E-state index is 5.80. The van der Waals surface area contributed by atoms with Gasteiger partial charge in [-0.05, 0) is 46.9 Å². The lowest BCUT2D eigenvalue weighted by Gasteiger charge is -2.34. The first-order chi connectivity index (χ1) is 6.80. The molecule has 15 heavy (non-hydrogen) atoms. The van der Waals surface area contributed by atoms with E-state index in [9.17, 15) is 0 Å². The number of hydrogen-bond acceptors (Lipinski definition) is 4. The number of aryl methyl sites for hydroxylation is 1. The molecule has 0 spiro atoms. The largest absolute Gasteiger partial charge is 0.368 e. The molecule has 86 valence electrons. The van der Waals surface area contributed by atoms with Crippen LogP contribution in [0.25, 0.3) is 0 Å². The Morgan fingerprint density at radius 1 is 1.27 bits per heavy atom. The first kappa shape index (κ1) is 12.6. The molecule has 0 radical (unpaired) electrons. The second-order valence-corrected chi connectivity index (χ2v) is 8.09. The summed E-state index contributed by atoms with van der Waals surface area (Å²) in [7, 11) is 7.71. The maximum Gasteiger partial charge on any atom is 0.225 e. The summed E-state index contributed by atoms with van der Waals surface area (Å²) in [5.74, 6) is 1.02. The summed E-state index contributed by atoms with van der Waals surface area (Å²) in [5.41, 5.74) is 5.80. The Morgan fingerprint density at radius 3 is 2.00 bits per heavy atom. The molecule has 1 aromatic rings. The zero-order valence-electron chi connectivity index (χ0n) is 9.67. The van der Waals surface area contributed by atoms with Gasteiger partial charge in [-0.3, -0.25) is 9.34 Å². The van der Waals surface area contributed by atoms with E-state index in [1.54, 1.807) is 11.4 Å². The molecule has 0 atom stereocenters. The average molecular weight is 248 g/mol. The van der Waals surface area contributed by atoms with Crippen molar-refractivity contribution in [1.29, 1.82) is 0 Å². The molecule has 0 bridgehead atoms. The van der Waals surface area contributed by atoms with E-state index in [-0.39, 0.29) is 0 Å². The van der Waals surface area contributed by atoms with Crippen molar-refractivity contribution >= 4 is 24.2 Å². The number of anilines is 1. The van der Waals surface area contributed by atoms with Gasteiger partial charge in [0.15, 0.2) is 6.49 Å². The van der Waals surface area contributed by atoms with Crippen molar-refractivity contribution in [3.63, 3.8) is 0 Å². The van der Waals surface area contributed by atoms with Crippen molar-refractivity contribution in [1.82, 2.24) is 23.9 Å². The summed E-state index contributed by atoms with van der Waals surface area (Å²) in [6, 6.07) is 0. The van der Waals surface area contributed by atoms with Gasteiger partial charge in [0, 0.05) is 0 Å². The van der Waals surface area contributed by atoms with Crippen molar-refractivity contribution in [2.24, 2.45) is 0 Å². The Bertz CT molecular complexity index is 386. The molecule has 0 saturated carbocycles. The molecule has 0 unspecified atom stereocenters. The molecular weight excluding hydrogens is 231 g/mol. The highest BCUT2D eigenvalue weighted by atomic mass is 32.4. The molecule has 6 nitrogen and oxygen atoms in total. The smallest absolute Gasteiger partial charge is 0.225 e. The van der Waals surface area contributed by atoms with Gasteiger partial charge >= 0.3 is 0 Å². The Labute approximate surface area is 95.2 Å². The van der Waals surface area contributed by atoms with Gasteiger partial charge in [-0.1, -0.05) is 0 Å². The molecule has 2 N–H and O–H groups in total. The van der Waals surface area contributed by atoms with E-state index in [1.165, 1.54) is 0 Å². The van der Waals surface area contributed by atoms with Crippen LogP contribution < -0.4 is 5.73 Å². The summed E-state index contributed by atoms with van der Waals surface area (Å²) in [4.78, 5) is 4.08. The number of aromatic nitrogens is 3. The van der Waals surface area contributed by atoms with Gasteiger partial charge in [-0.2, -0.15) is 9.44 Å². The third-order valence-electron chi connectivity index (χ3n) is 2.01. The van der Waals surface area contributed by atoms with Crippen LogP contribution in [-0.4, -0.2) is 52.1 Å². The van der Waals surface area contributed by atoms with E-state index in [0.29, 0.717) is 11.8 Å². The van der Waals surface area contributed by atoms with Crippen LogP contribution >= 0.6 is 6.49 Å². The van der Waals surface area contributed by atoms with Crippen LogP contribution in [0.1, 0.15) is 5.82 Å². The molecular formula is C7H17N6PS. The van der Waals surface area contributed by atoms with Gasteiger partial charge in [0.25, 0.3) is 0 Å². The Kier molecular flexibility index (Phi) is 3.50. The van der Waals surface area contributed by atoms with Gasteiger partial charge in [0.2, 0.25) is 5.95 Å². The lowest BCUT2D eigenvalue weighted by atomic mass is 10.8. The quantitative estimate of drug-likeness (QED) is 0.779. The lowest BCUT2D eigenvalue weighted by molar-refractivity contribution is 0.551. The molecule has 1 heterocycles. The predicted molar refractivity (Wildman–Crippen MR) is 66.2 cm³/mol. The molecule has 8 heteroatoms. The zero-order chi connectivity index (χ0) is 11.8. The number of nitrogens with two attached hydrogens (primary N) is 1. The monoisotopic (exact) mass is 248 g/mol. The van der Waals surface area contributed by atoms with Gasteiger partial charge in [-0.15, -0.1) is 5.10 Å². The summed E-state index contributed by atoms with van der Waals surface area (Å²) in [6.07, 6.45) is 0. The molecule has 1 rings (SSSR count). The number of nitrogen functional groups attached to an aromatic ring is 1. The summed E-state index contributed by atoms with van der Waals surface area (Å²) < 4.78 is 5.58. The summed E-state index contributed by atoms with van der Waals surface area (Å²) in [5, 5.41) is 4.27. The third-order valence-corrected chi connectivity index (χ3v) is 7.31. The Morgan fingerprint density at radius 2 is 1.73 bits per heavy atom. The van der Waals surface area contributed by atoms with Crippen LogP contribution in [0.15, 0.2) is 0 Å². The maximum absolute atomic E-state index is 5.80. The van der Waals surface area contributed by atoms with Crippen molar-refractivity contribution in [3.05, 3.63) is 5.82 Å². The predicted octanol–water partition coefficient (Wildman–Crippen LogP) is 0.365. The second-order valence-electron chi connectivity index (χ2n) is 3.61.